The van der Waals surface area contributed by atoms with Gasteiger partial charge in [-0.05, 0) is 43.7 Å². The summed E-state index contributed by atoms with van der Waals surface area (Å²) in [6.45, 7) is 3.51. The summed E-state index contributed by atoms with van der Waals surface area (Å²) >= 11 is 5.95. The standard InChI is InChI=1S/C19H16ClFN4O4/c1-3-28-19(27)29-17-9-13(6-7-14(17)21)25-10-16(23-24-25)18(26)22-15-8-12(20)5-4-11(15)2/h4-10H,3H2,1-2H3,(H,22,26). The smallest absolute Gasteiger partial charge is 0.434 e. The number of hydrogen-bond donors (Lipinski definition) is 1. The number of benzene rings is 2. The highest BCUT2D eigenvalue weighted by molar-refractivity contribution is 6.31. The van der Waals surface area contributed by atoms with Crippen LogP contribution in [0.5, 0.6) is 5.75 Å². The summed E-state index contributed by atoms with van der Waals surface area (Å²) < 4.78 is 24.6. The molecule has 1 heterocycles. The molecular weight excluding hydrogens is 403 g/mol. The number of amides is 1. The van der Waals surface area contributed by atoms with Crippen molar-refractivity contribution in [2.24, 2.45) is 0 Å². The fourth-order valence-corrected chi connectivity index (χ4v) is 2.53. The van der Waals surface area contributed by atoms with Gasteiger partial charge < -0.3 is 14.8 Å². The van der Waals surface area contributed by atoms with E-state index in [1.807, 2.05) is 6.92 Å². The maximum Gasteiger partial charge on any atom is 0.513 e. The van der Waals surface area contributed by atoms with Crippen LogP contribution in [0.1, 0.15) is 23.0 Å². The second-order valence-corrected chi connectivity index (χ2v) is 6.30. The highest BCUT2D eigenvalue weighted by Crippen LogP contribution is 2.23. The van der Waals surface area contributed by atoms with Gasteiger partial charge in [0.05, 0.1) is 18.5 Å². The Kier molecular flexibility index (Phi) is 6.08. The van der Waals surface area contributed by atoms with E-state index in [0.717, 1.165) is 11.6 Å². The van der Waals surface area contributed by atoms with Gasteiger partial charge in [-0.2, -0.15) is 0 Å². The monoisotopic (exact) mass is 418 g/mol. The molecular formula is C19H16ClFN4O4. The average Bonchev–Trinajstić information content (AvgIpc) is 3.17. The molecule has 150 valence electrons. The van der Waals surface area contributed by atoms with Crippen LogP contribution in [-0.4, -0.2) is 33.7 Å². The number of hydrogen-bond acceptors (Lipinski definition) is 6. The maximum absolute atomic E-state index is 13.9. The van der Waals surface area contributed by atoms with Crippen LogP contribution in [0.2, 0.25) is 5.02 Å². The van der Waals surface area contributed by atoms with E-state index >= 15 is 0 Å². The van der Waals surface area contributed by atoms with Crippen LogP contribution >= 0.6 is 11.6 Å². The van der Waals surface area contributed by atoms with Gasteiger partial charge in [-0.15, -0.1) is 5.10 Å². The molecule has 1 aromatic heterocycles. The molecule has 1 N–H and O–H groups in total. The van der Waals surface area contributed by atoms with Crippen molar-refractivity contribution in [3.8, 4) is 11.4 Å². The summed E-state index contributed by atoms with van der Waals surface area (Å²) in [4.78, 5) is 23.9. The first kappa shape index (κ1) is 20.3. The van der Waals surface area contributed by atoms with E-state index < -0.39 is 17.9 Å². The Morgan fingerprint density at radius 2 is 2.03 bits per heavy atom. The first-order valence-electron chi connectivity index (χ1n) is 8.51. The molecule has 2 aromatic carbocycles. The molecule has 10 heteroatoms. The van der Waals surface area contributed by atoms with E-state index in [-0.39, 0.29) is 18.1 Å². The van der Waals surface area contributed by atoms with Crippen LogP contribution in [-0.2, 0) is 4.74 Å². The number of carbonyl (C=O) groups is 2. The van der Waals surface area contributed by atoms with Crippen LogP contribution in [0.3, 0.4) is 0 Å². The van der Waals surface area contributed by atoms with Gasteiger partial charge in [0.2, 0.25) is 0 Å². The lowest BCUT2D eigenvalue weighted by atomic mass is 10.2. The first-order chi connectivity index (χ1) is 13.9. The van der Waals surface area contributed by atoms with Crippen molar-refractivity contribution in [1.29, 1.82) is 0 Å². The molecule has 1 amide bonds. The summed E-state index contributed by atoms with van der Waals surface area (Å²) in [5.41, 5.74) is 1.73. The van der Waals surface area contributed by atoms with Crippen molar-refractivity contribution < 1.29 is 23.5 Å². The molecule has 0 saturated carbocycles. The van der Waals surface area contributed by atoms with E-state index in [2.05, 4.69) is 20.4 Å². The minimum absolute atomic E-state index is 0.0292. The number of halogens is 2. The molecule has 0 fully saturated rings. The van der Waals surface area contributed by atoms with Gasteiger partial charge >= 0.3 is 6.16 Å². The molecule has 0 aliphatic carbocycles. The van der Waals surface area contributed by atoms with E-state index in [0.29, 0.717) is 16.4 Å². The number of carbonyl (C=O) groups excluding carboxylic acids is 2. The quantitative estimate of drug-likeness (QED) is 0.494. The minimum Gasteiger partial charge on any atom is -0.434 e. The predicted molar refractivity (Wildman–Crippen MR) is 103 cm³/mol. The van der Waals surface area contributed by atoms with Gasteiger partial charge in [-0.3, -0.25) is 4.79 Å². The topological polar surface area (TPSA) is 95.3 Å². The summed E-state index contributed by atoms with van der Waals surface area (Å²) in [6.07, 6.45) is 0.329. The summed E-state index contributed by atoms with van der Waals surface area (Å²) in [6, 6.07) is 8.85. The molecule has 3 aromatic rings. The second kappa shape index (κ2) is 8.70. The van der Waals surface area contributed by atoms with Crippen LogP contribution in [0.4, 0.5) is 14.9 Å². The number of aromatic nitrogens is 3. The fourth-order valence-electron chi connectivity index (χ4n) is 2.36. The van der Waals surface area contributed by atoms with Crippen molar-refractivity contribution in [3.63, 3.8) is 0 Å². The van der Waals surface area contributed by atoms with Gasteiger partial charge in [0, 0.05) is 16.8 Å². The number of rotatable bonds is 5. The Labute approximate surface area is 170 Å². The Hall–Kier alpha value is -3.46. The lowest BCUT2D eigenvalue weighted by Crippen LogP contribution is -2.13. The summed E-state index contributed by atoms with van der Waals surface area (Å²) in [5.74, 6) is -1.58. The van der Waals surface area contributed by atoms with Crippen LogP contribution in [0, 0.1) is 12.7 Å². The van der Waals surface area contributed by atoms with Crippen LogP contribution in [0.15, 0.2) is 42.6 Å². The molecule has 0 atom stereocenters. The largest absolute Gasteiger partial charge is 0.513 e. The predicted octanol–water partition coefficient (Wildman–Crippen LogP) is 4.16. The molecule has 0 saturated heterocycles. The minimum atomic E-state index is -1.03. The Morgan fingerprint density at radius 1 is 1.24 bits per heavy atom. The second-order valence-electron chi connectivity index (χ2n) is 5.86. The first-order valence-corrected chi connectivity index (χ1v) is 8.89. The number of aryl methyl sites for hydroxylation is 1. The lowest BCUT2D eigenvalue weighted by Gasteiger charge is -2.07. The molecule has 0 aliphatic heterocycles. The van der Waals surface area contributed by atoms with Gasteiger partial charge in [-0.1, -0.05) is 22.9 Å². The van der Waals surface area contributed by atoms with Gasteiger partial charge in [0.15, 0.2) is 17.3 Å². The molecule has 3 rings (SSSR count). The Balaban J connectivity index is 1.79. The zero-order chi connectivity index (χ0) is 21.0. The highest BCUT2D eigenvalue weighted by Gasteiger charge is 2.16. The van der Waals surface area contributed by atoms with Crippen LogP contribution in [0.25, 0.3) is 5.69 Å². The number of ether oxygens (including phenoxy) is 2. The zero-order valence-corrected chi connectivity index (χ0v) is 16.2. The average molecular weight is 419 g/mol. The molecule has 0 unspecified atom stereocenters. The summed E-state index contributed by atoms with van der Waals surface area (Å²) in [5, 5.41) is 10.9. The highest BCUT2D eigenvalue weighted by atomic mass is 35.5. The van der Waals surface area contributed by atoms with Crippen molar-refractivity contribution in [3.05, 3.63) is 64.7 Å². The molecule has 0 bridgehead atoms. The number of nitrogens with zero attached hydrogens (tertiary/aromatic N) is 3. The van der Waals surface area contributed by atoms with Gasteiger partial charge in [-0.25, -0.2) is 13.9 Å². The maximum atomic E-state index is 13.9. The Bertz CT molecular complexity index is 1070. The zero-order valence-electron chi connectivity index (χ0n) is 15.5. The molecule has 8 nitrogen and oxygen atoms in total. The third kappa shape index (κ3) is 4.88. The van der Waals surface area contributed by atoms with Gasteiger partial charge in [0.1, 0.15) is 0 Å². The molecule has 29 heavy (non-hydrogen) atoms. The van der Waals surface area contributed by atoms with Crippen LogP contribution < -0.4 is 10.1 Å². The van der Waals surface area contributed by atoms with Crippen molar-refractivity contribution >= 4 is 29.4 Å². The third-order valence-corrected chi connectivity index (χ3v) is 4.04. The Morgan fingerprint density at radius 3 is 2.79 bits per heavy atom. The van der Waals surface area contributed by atoms with E-state index in [1.54, 1.807) is 25.1 Å². The number of nitrogens with one attached hydrogen (secondary N) is 1. The van der Waals surface area contributed by atoms with Crippen molar-refractivity contribution in [2.75, 3.05) is 11.9 Å². The fraction of sp³-hybridized carbons (Fsp3) is 0.158. The van der Waals surface area contributed by atoms with Crippen molar-refractivity contribution in [2.45, 2.75) is 13.8 Å². The van der Waals surface area contributed by atoms with Crippen molar-refractivity contribution in [1.82, 2.24) is 15.0 Å². The molecule has 0 spiro atoms. The molecule has 0 radical (unpaired) electrons. The van der Waals surface area contributed by atoms with Gasteiger partial charge in [0.25, 0.3) is 5.91 Å². The number of anilines is 1. The van der Waals surface area contributed by atoms with E-state index in [9.17, 15) is 14.0 Å². The SMILES string of the molecule is CCOC(=O)Oc1cc(-n2cc(C(=O)Nc3cc(Cl)ccc3C)nn2)ccc1F. The normalized spacial score (nSPS) is 10.5. The van der Waals surface area contributed by atoms with E-state index in [1.165, 1.54) is 23.0 Å². The van der Waals surface area contributed by atoms with E-state index in [4.69, 9.17) is 16.3 Å². The lowest BCUT2D eigenvalue weighted by molar-refractivity contribution is 0.101. The summed E-state index contributed by atoms with van der Waals surface area (Å²) in [7, 11) is 0. The molecule has 0 aliphatic rings. The third-order valence-electron chi connectivity index (χ3n) is 3.81.